The van der Waals surface area contributed by atoms with Crippen LogP contribution in [0.25, 0.3) is 0 Å². The summed E-state index contributed by atoms with van der Waals surface area (Å²) in [6, 6.07) is 0. The van der Waals surface area contributed by atoms with Crippen LogP contribution < -0.4 is 0 Å². The lowest BCUT2D eigenvalue weighted by Gasteiger charge is -2.20. The van der Waals surface area contributed by atoms with Gasteiger partial charge in [0, 0.05) is 23.9 Å². The molecule has 0 saturated heterocycles. The van der Waals surface area contributed by atoms with E-state index in [2.05, 4.69) is 13.2 Å². The van der Waals surface area contributed by atoms with Crippen LogP contribution >= 0.6 is 11.9 Å². The van der Waals surface area contributed by atoms with Crippen LogP contribution in [0.4, 0.5) is 0 Å². The predicted octanol–water partition coefficient (Wildman–Crippen LogP) is 2.69. The summed E-state index contributed by atoms with van der Waals surface area (Å²) in [5, 5.41) is 0. The van der Waals surface area contributed by atoms with Crippen molar-refractivity contribution >= 4 is 29.6 Å². The fraction of sp³-hybridized carbons (Fsp3) is 0.500. The Morgan fingerprint density at radius 1 is 1.15 bits per heavy atom. The van der Waals surface area contributed by atoms with Crippen molar-refractivity contribution in [3.63, 3.8) is 0 Å². The van der Waals surface area contributed by atoms with Gasteiger partial charge in [0.25, 0.3) is 5.91 Å². The molecule has 0 fully saturated rings. The van der Waals surface area contributed by atoms with Crippen molar-refractivity contribution in [2.24, 2.45) is 5.92 Å². The smallest absolute Gasteiger partial charge is 0.322 e. The van der Waals surface area contributed by atoms with Crippen molar-refractivity contribution in [1.82, 2.24) is 4.47 Å². The van der Waals surface area contributed by atoms with E-state index in [9.17, 15) is 14.4 Å². The summed E-state index contributed by atoms with van der Waals surface area (Å²) in [5.41, 5.74) is 0.569. The molecule has 0 aliphatic rings. The van der Waals surface area contributed by atoms with Crippen molar-refractivity contribution in [1.29, 1.82) is 0 Å². The fourth-order valence-corrected chi connectivity index (χ4v) is 1.79. The Morgan fingerprint density at radius 2 is 1.70 bits per heavy atom. The normalized spacial score (nSPS) is 10.1. The van der Waals surface area contributed by atoms with Crippen molar-refractivity contribution in [3.05, 3.63) is 24.3 Å². The molecule has 0 aromatic carbocycles. The molecule has 0 N–H and O–H groups in total. The molecular formula is C14H21NO4S. The van der Waals surface area contributed by atoms with E-state index in [0.717, 1.165) is 16.4 Å². The number of allylic oxidation sites excluding steroid dienone is 1. The largest absolute Gasteiger partial charge is 0.359 e. The van der Waals surface area contributed by atoms with Gasteiger partial charge in [-0.3, -0.25) is 9.59 Å². The van der Waals surface area contributed by atoms with Crippen LogP contribution in [0.1, 0.15) is 34.1 Å². The number of hydroxylamine groups is 1. The molecular weight excluding hydrogens is 278 g/mol. The average Bonchev–Trinajstić information content (AvgIpc) is 2.32. The Labute approximate surface area is 124 Å². The molecule has 6 heteroatoms. The van der Waals surface area contributed by atoms with E-state index in [4.69, 9.17) is 4.84 Å². The minimum Gasteiger partial charge on any atom is -0.322 e. The number of hydrogen-bond donors (Lipinski definition) is 0. The molecule has 0 rings (SSSR count). The molecule has 112 valence electrons. The quantitative estimate of drug-likeness (QED) is 0.411. The van der Waals surface area contributed by atoms with Crippen LogP contribution in [-0.2, 0) is 19.2 Å². The van der Waals surface area contributed by atoms with Gasteiger partial charge in [-0.05, 0) is 25.3 Å². The number of rotatable bonds is 7. The molecule has 0 aliphatic carbocycles. The topological polar surface area (TPSA) is 63.7 Å². The monoisotopic (exact) mass is 299 g/mol. The molecule has 0 radical (unpaired) electrons. The molecule has 20 heavy (non-hydrogen) atoms. The highest BCUT2D eigenvalue weighted by Crippen LogP contribution is 2.17. The van der Waals surface area contributed by atoms with Gasteiger partial charge in [-0.25, -0.2) is 4.79 Å². The summed E-state index contributed by atoms with van der Waals surface area (Å²) in [7, 11) is 0. The first-order chi connectivity index (χ1) is 9.15. The van der Waals surface area contributed by atoms with Gasteiger partial charge in [0.2, 0.25) is 0 Å². The molecule has 0 unspecified atom stereocenters. The molecule has 0 heterocycles. The summed E-state index contributed by atoms with van der Waals surface area (Å²) in [6.45, 7) is 13.8. The highest BCUT2D eigenvalue weighted by molar-refractivity contribution is 7.98. The molecule has 0 saturated carbocycles. The number of Topliss-reactive ketones (excluding diaryl/α,β-unsaturated/α-hetero) is 1. The highest BCUT2D eigenvalue weighted by Gasteiger charge is 2.22. The zero-order valence-corrected chi connectivity index (χ0v) is 13.2. The van der Waals surface area contributed by atoms with Crippen molar-refractivity contribution in [2.75, 3.05) is 5.75 Å². The molecule has 5 nitrogen and oxygen atoms in total. The standard InChI is InChI=1S/C14H21NO4S/c1-9(2)7-13(17)15(19-14(18)11(5)6)20-8-12(16)10(3)4/h9H,3,5,7-8H2,1-2,4,6H3. The summed E-state index contributed by atoms with van der Waals surface area (Å²) in [6.07, 6.45) is 0.220. The van der Waals surface area contributed by atoms with Gasteiger partial charge in [-0.1, -0.05) is 27.0 Å². The summed E-state index contributed by atoms with van der Waals surface area (Å²) < 4.78 is 0.859. The van der Waals surface area contributed by atoms with Gasteiger partial charge in [0.05, 0.1) is 5.75 Å². The Hall–Kier alpha value is -1.56. The summed E-state index contributed by atoms with van der Waals surface area (Å²) in [5.74, 6) is -1.16. The maximum atomic E-state index is 12.0. The van der Waals surface area contributed by atoms with Gasteiger partial charge < -0.3 is 4.84 Å². The van der Waals surface area contributed by atoms with Gasteiger partial charge in [-0.15, -0.1) is 4.47 Å². The van der Waals surface area contributed by atoms with Gasteiger partial charge >= 0.3 is 5.97 Å². The molecule has 0 aliphatic heterocycles. The van der Waals surface area contributed by atoms with Gasteiger partial charge in [-0.2, -0.15) is 0 Å². The maximum Gasteiger partial charge on any atom is 0.359 e. The zero-order chi connectivity index (χ0) is 15.9. The molecule has 0 bridgehead atoms. The summed E-state index contributed by atoms with van der Waals surface area (Å²) in [4.78, 5) is 39.9. The number of hydrogen-bond acceptors (Lipinski definition) is 5. The second kappa shape index (κ2) is 8.58. The van der Waals surface area contributed by atoms with Crippen LogP contribution in [0.3, 0.4) is 0 Å². The van der Waals surface area contributed by atoms with Crippen molar-refractivity contribution in [3.8, 4) is 0 Å². The van der Waals surface area contributed by atoms with E-state index >= 15 is 0 Å². The van der Waals surface area contributed by atoms with Crippen molar-refractivity contribution in [2.45, 2.75) is 34.1 Å². The van der Waals surface area contributed by atoms with E-state index in [1.165, 1.54) is 6.92 Å². The number of carbonyl (C=O) groups excluding carboxylic acids is 3. The third kappa shape index (κ3) is 7.13. The number of ketones is 1. The van der Waals surface area contributed by atoms with E-state index in [-0.39, 0.29) is 35.4 Å². The molecule has 1 amide bonds. The number of nitrogens with zero attached hydrogens (tertiary/aromatic N) is 1. The minimum atomic E-state index is -0.697. The highest BCUT2D eigenvalue weighted by atomic mass is 32.2. The minimum absolute atomic E-state index is 0.0113. The van der Waals surface area contributed by atoms with Crippen molar-refractivity contribution < 1.29 is 19.2 Å². The van der Waals surface area contributed by atoms with Crippen LogP contribution in [-0.4, -0.2) is 27.9 Å². The van der Waals surface area contributed by atoms with Crippen LogP contribution in [0, 0.1) is 5.92 Å². The summed E-state index contributed by atoms with van der Waals surface area (Å²) >= 11 is 0.843. The lowest BCUT2D eigenvalue weighted by molar-refractivity contribution is -0.173. The molecule has 0 atom stereocenters. The van der Waals surface area contributed by atoms with E-state index in [0.29, 0.717) is 5.57 Å². The predicted molar refractivity (Wildman–Crippen MR) is 79.5 cm³/mol. The van der Waals surface area contributed by atoms with Crippen LogP contribution in [0.2, 0.25) is 0 Å². The number of amides is 1. The maximum absolute atomic E-state index is 12.0. The molecule has 0 aromatic rings. The second-order valence-corrected chi connectivity index (χ2v) is 5.76. The van der Waals surface area contributed by atoms with Crippen LogP contribution in [0.5, 0.6) is 0 Å². The SMILES string of the molecule is C=C(C)C(=O)CSN(OC(=O)C(=C)C)C(=O)CC(C)C. The lowest BCUT2D eigenvalue weighted by atomic mass is 10.1. The Kier molecular flexibility index (Phi) is 7.91. The third-order valence-corrected chi connectivity index (χ3v) is 2.99. The zero-order valence-electron chi connectivity index (χ0n) is 12.4. The average molecular weight is 299 g/mol. The lowest BCUT2D eigenvalue weighted by Crippen LogP contribution is -2.30. The second-order valence-electron chi connectivity index (χ2n) is 4.88. The van der Waals surface area contributed by atoms with E-state index < -0.39 is 5.97 Å². The Bertz CT molecular complexity index is 429. The third-order valence-electron chi connectivity index (χ3n) is 2.09. The van der Waals surface area contributed by atoms with E-state index in [1.807, 2.05) is 13.8 Å². The first-order valence-electron chi connectivity index (χ1n) is 6.17. The Morgan fingerprint density at radius 3 is 2.10 bits per heavy atom. The fourth-order valence-electron chi connectivity index (χ4n) is 0.967. The van der Waals surface area contributed by atoms with Gasteiger partial charge in [0.1, 0.15) is 0 Å². The molecule has 0 spiro atoms. The first-order valence-corrected chi connectivity index (χ1v) is 7.11. The first kappa shape index (κ1) is 18.4. The Balaban J connectivity index is 4.74. The van der Waals surface area contributed by atoms with Crippen LogP contribution in [0.15, 0.2) is 24.3 Å². The number of carbonyl (C=O) groups is 3. The van der Waals surface area contributed by atoms with E-state index in [1.54, 1.807) is 6.92 Å². The molecule has 0 aromatic heterocycles. The van der Waals surface area contributed by atoms with Gasteiger partial charge in [0.15, 0.2) is 5.78 Å².